The van der Waals surface area contributed by atoms with E-state index in [9.17, 15) is 4.79 Å². The van der Waals surface area contributed by atoms with Crippen LogP contribution in [0, 0.1) is 5.41 Å². The van der Waals surface area contributed by atoms with Crippen LogP contribution in [0.15, 0.2) is 36.7 Å². The van der Waals surface area contributed by atoms with E-state index >= 15 is 0 Å². The van der Waals surface area contributed by atoms with Crippen molar-refractivity contribution in [2.45, 2.75) is 25.7 Å². The molecule has 0 unspecified atom stereocenters. The third-order valence-corrected chi connectivity index (χ3v) is 5.64. The molecule has 1 atom stereocenters. The largest absolute Gasteiger partial charge is 0.338 e. The number of carbonyl (C=O) groups excluding carboxylic acids is 1. The summed E-state index contributed by atoms with van der Waals surface area (Å²) in [6, 6.07) is 10.3. The second-order valence-electron chi connectivity index (χ2n) is 7.42. The van der Waals surface area contributed by atoms with Gasteiger partial charge in [0.05, 0.1) is 5.41 Å². The average Bonchev–Trinajstić information content (AvgIpc) is 2.97. The maximum Gasteiger partial charge on any atom is 0.233 e. The van der Waals surface area contributed by atoms with Crippen LogP contribution in [0.2, 0.25) is 0 Å². The first kappa shape index (κ1) is 15.2. The minimum Gasteiger partial charge on any atom is -0.338 e. The fraction of sp³-hybridized carbons (Fsp3) is 0.500. The second kappa shape index (κ2) is 5.33. The monoisotopic (exact) mass is 325 g/mol. The summed E-state index contributed by atoms with van der Waals surface area (Å²) in [5, 5.41) is 6.79. The number of nitrogens with zero attached hydrogens (tertiary/aromatic N) is 4. The van der Waals surface area contributed by atoms with E-state index in [4.69, 9.17) is 0 Å². The smallest absolute Gasteiger partial charge is 0.233 e. The Bertz CT molecular complexity index is 719. The molecule has 1 N–H and O–H groups in total. The molecule has 2 aromatic rings. The van der Waals surface area contributed by atoms with Crippen molar-refractivity contribution in [1.29, 1.82) is 0 Å². The van der Waals surface area contributed by atoms with E-state index in [2.05, 4.69) is 46.1 Å². The Balaban J connectivity index is 1.52. The first-order valence-electron chi connectivity index (χ1n) is 8.50. The van der Waals surface area contributed by atoms with Gasteiger partial charge in [0.15, 0.2) is 0 Å². The second-order valence-corrected chi connectivity index (χ2v) is 7.42. The highest BCUT2D eigenvalue weighted by molar-refractivity contribution is 5.93. The van der Waals surface area contributed by atoms with E-state index in [1.54, 1.807) is 0 Å². The van der Waals surface area contributed by atoms with Crippen molar-refractivity contribution in [2.24, 2.45) is 5.41 Å². The third-order valence-electron chi connectivity index (χ3n) is 5.64. The molecule has 1 saturated carbocycles. The summed E-state index contributed by atoms with van der Waals surface area (Å²) in [5.41, 5.74) is 0.813. The number of anilines is 1. The summed E-state index contributed by atoms with van der Waals surface area (Å²) in [6.45, 7) is 7.41. The van der Waals surface area contributed by atoms with Crippen molar-refractivity contribution >= 4 is 11.9 Å². The molecule has 6 heteroatoms. The van der Waals surface area contributed by atoms with Gasteiger partial charge >= 0.3 is 0 Å². The van der Waals surface area contributed by atoms with Crippen molar-refractivity contribution in [3.05, 3.63) is 42.2 Å². The van der Waals surface area contributed by atoms with Crippen LogP contribution in [0.4, 0.5) is 5.95 Å². The Labute approximate surface area is 141 Å². The molecule has 0 bridgehead atoms. The van der Waals surface area contributed by atoms with Gasteiger partial charge in [-0.3, -0.25) is 4.79 Å². The molecule has 1 aliphatic carbocycles. The number of carbonyl (C=O) groups is 1. The fourth-order valence-electron chi connectivity index (χ4n) is 4.07. The molecule has 24 heavy (non-hydrogen) atoms. The summed E-state index contributed by atoms with van der Waals surface area (Å²) in [4.78, 5) is 21.7. The highest BCUT2D eigenvalue weighted by atomic mass is 16.2. The number of amides is 1. The molecule has 2 fully saturated rings. The maximum absolute atomic E-state index is 13.4. The standard InChI is InChI=1S/C18H23N5O/c1-17(2)12-18(17,14-6-4-3-5-7-14)15(24)22-8-10-23(11-9-22)16-19-13-20-21-16/h3-7,13H,8-12H2,1-2H3,(H,19,20,21)/t18-/m0/s1. The summed E-state index contributed by atoms with van der Waals surface area (Å²) in [7, 11) is 0. The lowest BCUT2D eigenvalue weighted by atomic mass is 9.86. The maximum atomic E-state index is 13.4. The lowest BCUT2D eigenvalue weighted by molar-refractivity contribution is -0.135. The van der Waals surface area contributed by atoms with Gasteiger partial charge in [-0.05, 0) is 17.4 Å². The van der Waals surface area contributed by atoms with Crippen LogP contribution in [0.3, 0.4) is 0 Å². The van der Waals surface area contributed by atoms with Crippen LogP contribution in [-0.2, 0) is 10.2 Å². The van der Waals surface area contributed by atoms with E-state index in [0.717, 1.165) is 44.1 Å². The predicted octanol–water partition coefficient (Wildman–Crippen LogP) is 1.82. The zero-order chi connectivity index (χ0) is 16.8. The van der Waals surface area contributed by atoms with E-state index < -0.39 is 0 Å². The Kier molecular flexibility index (Phi) is 3.37. The molecule has 0 spiro atoms. The van der Waals surface area contributed by atoms with Gasteiger partial charge in [-0.25, -0.2) is 5.10 Å². The summed E-state index contributed by atoms with van der Waals surface area (Å²) < 4.78 is 0. The van der Waals surface area contributed by atoms with E-state index in [1.807, 2.05) is 23.1 Å². The lowest BCUT2D eigenvalue weighted by Crippen LogP contribution is -2.52. The first-order valence-corrected chi connectivity index (χ1v) is 8.50. The summed E-state index contributed by atoms with van der Waals surface area (Å²) in [5.74, 6) is 1.06. The highest BCUT2D eigenvalue weighted by Gasteiger charge is 2.67. The topological polar surface area (TPSA) is 65.1 Å². The summed E-state index contributed by atoms with van der Waals surface area (Å²) in [6.07, 6.45) is 2.44. The summed E-state index contributed by atoms with van der Waals surface area (Å²) >= 11 is 0. The molecular formula is C18H23N5O. The predicted molar refractivity (Wildman–Crippen MR) is 91.7 cm³/mol. The Hall–Kier alpha value is -2.37. The van der Waals surface area contributed by atoms with Crippen molar-refractivity contribution in [1.82, 2.24) is 20.1 Å². The number of rotatable bonds is 3. The number of piperazine rings is 1. The first-order chi connectivity index (χ1) is 11.5. The number of hydrogen-bond donors (Lipinski definition) is 1. The van der Waals surface area contributed by atoms with E-state index in [-0.39, 0.29) is 16.7 Å². The molecule has 1 amide bonds. The SMILES string of the molecule is CC1(C)C[C@@]1(C(=O)N1CCN(c2ncn[nH]2)CC1)c1ccccc1. The molecule has 6 nitrogen and oxygen atoms in total. The van der Waals surface area contributed by atoms with Crippen LogP contribution in [0.5, 0.6) is 0 Å². The van der Waals surface area contributed by atoms with Gasteiger partial charge in [0.1, 0.15) is 6.33 Å². The number of hydrogen-bond acceptors (Lipinski definition) is 4. The molecule has 1 aromatic carbocycles. The van der Waals surface area contributed by atoms with Gasteiger partial charge in [-0.1, -0.05) is 44.2 Å². The Morgan fingerprint density at radius 3 is 2.33 bits per heavy atom. The van der Waals surface area contributed by atoms with Gasteiger partial charge in [-0.2, -0.15) is 10.1 Å². The van der Waals surface area contributed by atoms with Gasteiger partial charge < -0.3 is 9.80 Å². The normalized spacial score (nSPS) is 25.6. The van der Waals surface area contributed by atoms with E-state index in [0.29, 0.717) is 0 Å². The number of aromatic amines is 1. The fourth-order valence-corrected chi connectivity index (χ4v) is 4.07. The number of benzene rings is 1. The van der Waals surface area contributed by atoms with Crippen LogP contribution in [-0.4, -0.2) is 52.2 Å². The molecule has 126 valence electrons. The van der Waals surface area contributed by atoms with Crippen LogP contribution >= 0.6 is 0 Å². The number of aromatic nitrogens is 3. The highest BCUT2D eigenvalue weighted by Crippen LogP contribution is 2.65. The zero-order valence-corrected chi connectivity index (χ0v) is 14.2. The Morgan fingerprint density at radius 2 is 1.79 bits per heavy atom. The van der Waals surface area contributed by atoms with Crippen molar-refractivity contribution in [3.8, 4) is 0 Å². The molecule has 2 heterocycles. The molecule has 0 radical (unpaired) electrons. The molecule has 4 rings (SSSR count). The third kappa shape index (κ3) is 2.20. The van der Waals surface area contributed by atoms with Crippen molar-refractivity contribution in [2.75, 3.05) is 31.1 Å². The van der Waals surface area contributed by atoms with E-state index in [1.165, 1.54) is 6.33 Å². The van der Waals surface area contributed by atoms with Crippen LogP contribution < -0.4 is 4.90 Å². The zero-order valence-electron chi connectivity index (χ0n) is 14.2. The molecule has 1 saturated heterocycles. The molecule has 2 aliphatic rings. The number of nitrogens with one attached hydrogen (secondary N) is 1. The van der Waals surface area contributed by atoms with Crippen LogP contribution in [0.25, 0.3) is 0 Å². The Morgan fingerprint density at radius 1 is 1.12 bits per heavy atom. The molecular weight excluding hydrogens is 302 g/mol. The quantitative estimate of drug-likeness (QED) is 0.935. The lowest BCUT2D eigenvalue weighted by Gasteiger charge is -2.37. The van der Waals surface area contributed by atoms with Crippen molar-refractivity contribution in [3.63, 3.8) is 0 Å². The van der Waals surface area contributed by atoms with Gasteiger partial charge in [-0.15, -0.1) is 0 Å². The number of H-pyrrole nitrogens is 1. The minimum atomic E-state index is -0.358. The minimum absolute atomic E-state index is 0.0213. The average molecular weight is 325 g/mol. The van der Waals surface area contributed by atoms with Gasteiger partial charge in [0.25, 0.3) is 0 Å². The van der Waals surface area contributed by atoms with Gasteiger partial charge in [0, 0.05) is 26.2 Å². The van der Waals surface area contributed by atoms with Gasteiger partial charge in [0.2, 0.25) is 11.9 Å². The van der Waals surface area contributed by atoms with Crippen molar-refractivity contribution < 1.29 is 4.79 Å². The van der Waals surface area contributed by atoms with Crippen LogP contribution in [0.1, 0.15) is 25.8 Å². The molecule has 1 aliphatic heterocycles. The molecule has 1 aromatic heterocycles.